The van der Waals surface area contributed by atoms with Crippen LogP contribution in [0.2, 0.25) is 0 Å². The largest absolute Gasteiger partial charge is 0.505 e. The first kappa shape index (κ1) is 20.6. The Morgan fingerprint density at radius 3 is 2.58 bits per heavy atom. The number of aromatic nitrogens is 2. The molecule has 2 amide bonds. The molecule has 0 saturated heterocycles. The van der Waals surface area contributed by atoms with Gasteiger partial charge in [-0.3, -0.25) is 19.6 Å². The zero-order valence-corrected chi connectivity index (χ0v) is 17.5. The Kier molecular flexibility index (Phi) is 5.18. The van der Waals surface area contributed by atoms with Crippen molar-refractivity contribution in [2.45, 2.75) is 19.6 Å². The Morgan fingerprint density at radius 2 is 1.82 bits per heavy atom. The highest BCUT2D eigenvalue weighted by Gasteiger charge is 2.36. The Balaban J connectivity index is 1.54. The summed E-state index contributed by atoms with van der Waals surface area (Å²) in [6.07, 6.45) is 4.79. The van der Waals surface area contributed by atoms with Gasteiger partial charge in [0.1, 0.15) is 11.3 Å². The van der Waals surface area contributed by atoms with Crippen LogP contribution in [0.1, 0.15) is 37.4 Å². The monoisotopic (exact) mass is 442 g/mol. The van der Waals surface area contributed by atoms with Crippen molar-refractivity contribution in [1.29, 1.82) is 0 Å². The summed E-state index contributed by atoms with van der Waals surface area (Å²) in [5.41, 5.74) is 2.66. The van der Waals surface area contributed by atoms with E-state index in [2.05, 4.69) is 15.3 Å². The van der Waals surface area contributed by atoms with E-state index < -0.39 is 5.91 Å². The number of rotatable bonds is 5. The molecule has 0 atom stereocenters. The standard InChI is InChI=1S/C25H19FN4O3/c26-17-5-3-16(4-6-17)13-30-14-19-20(24(32)29-12-15-7-10-27-11-8-15)18-2-1-9-28-22(18)23(31)21(19)25(30)33/h1-11,31H,12-14H2,(H,29,32). The van der Waals surface area contributed by atoms with Gasteiger partial charge in [0.05, 0.1) is 11.1 Å². The number of hydrogen-bond acceptors (Lipinski definition) is 5. The van der Waals surface area contributed by atoms with Gasteiger partial charge in [0.2, 0.25) is 0 Å². The van der Waals surface area contributed by atoms with Crippen molar-refractivity contribution in [3.63, 3.8) is 0 Å². The van der Waals surface area contributed by atoms with E-state index in [-0.39, 0.29) is 48.2 Å². The maximum Gasteiger partial charge on any atom is 0.258 e. The predicted octanol–water partition coefficient (Wildman–Crippen LogP) is 3.56. The van der Waals surface area contributed by atoms with Crippen molar-refractivity contribution in [3.05, 3.63) is 101 Å². The fraction of sp³-hybridized carbons (Fsp3) is 0.120. The molecule has 3 heterocycles. The van der Waals surface area contributed by atoms with Crippen LogP contribution in [0.15, 0.2) is 67.1 Å². The minimum absolute atomic E-state index is 0.0809. The van der Waals surface area contributed by atoms with E-state index in [0.717, 1.165) is 11.1 Å². The highest BCUT2D eigenvalue weighted by Crippen LogP contribution is 2.39. The molecule has 0 saturated carbocycles. The quantitative estimate of drug-likeness (QED) is 0.493. The summed E-state index contributed by atoms with van der Waals surface area (Å²) < 4.78 is 13.3. The number of halogens is 1. The molecular weight excluding hydrogens is 423 g/mol. The smallest absolute Gasteiger partial charge is 0.258 e. The molecule has 2 aromatic carbocycles. The molecule has 2 aromatic heterocycles. The lowest BCUT2D eigenvalue weighted by atomic mass is 9.96. The number of hydrogen-bond donors (Lipinski definition) is 2. The molecule has 164 valence electrons. The number of nitrogens with zero attached hydrogens (tertiary/aromatic N) is 3. The van der Waals surface area contributed by atoms with Crippen LogP contribution in [-0.2, 0) is 19.6 Å². The number of carbonyl (C=O) groups excluding carboxylic acids is 2. The second-order valence-corrected chi connectivity index (χ2v) is 7.80. The fourth-order valence-electron chi connectivity index (χ4n) is 4.12. The van der Waals surface area contributed by atoms with Gasteiger partial charge in [-0.15, -0.1) is 0 Å². The molecule has 5 rings (SSSR count). The summed E-state index contributed by atoms with van der Waals surface area (Å²) in [7, 11) is 0. The van der Waals surface area contributed by atoms with Crippen molar-refractivity contribution in [2.24, 2.45) is 0 Å². The molecule has 8 heteroatoms. The molecule has 1 aliphatic rings. The first-order chi connectivity index (χ1) is 16.0. The summed E-state index contributed by atoms with van der Waals surface area (Å²) in [6, 6.07) is 12.9. The van der Waals surface area contributed by atoms with E-state index >= 15 is 0 Å². The van der Waals surface area contributed by atoms with E-state index in [1.807, 2.05) is 0 Å². The molecule has 0 radical (unpaired) electrons. The second kappa shape index (κ2) is 8.31. The van der Waals surface area contributed by atoms with Crippen LogP contribution in [0.3, 0.4) is 0 Å². The average Bonchev–Trinajstić information content (AvgIpc) is 3.15. The summed E-state index contributed by atoms with van der Waals surface area (Å²) in [6.45, 7) is 0.642. The number of phenolic OH excluding ortho intramolecular Hbond substituents is 1. The van der Waals surface area contributed by atoms with Crippen molar-refractivity contribution >= 4 is 22.7 Å². The first-order valence-electron chi connectivity index (χ1n) is 10.4. The summed E-state index contributed by atoms with van der Waals surface area (Å²) in [4.78, 5) is 36.2. The van der Waals surface area contributed by atoms with Crippen LogP contribution in [0.25, 0.3) is 10.9 Å². The second-order valence-electron chi connectivity index (χ2n) is 7.80. The van der Waals surface area contributed by atoms with Crippen LogP contribution >= 0.6 is 0 Å². The van der Waals surface area contributed by atoms with E-state index in [0.29, 0.717) is 16.5 Å². The van der Waals surface area contributed by atoms with Gasteiger partial charge in [-0.2, -0.15) is 0 Å². The van der Waals surface area contributed by atoms with Crippen LogP contribution < -0.4 is 5.32 Å². The Morgan fingerprint density at radius 1 is 1.06 bits per heavy atom. The summed E-state index contributed by atoms with van der Waals surface area (Å²) in [5, 5.41) is 14.2. The van der Waals surface area contributed by atoms with Crippen LogP contribution in [0.4, 0.5) is 4.39 Å². The van der Waals surface area contributed by atoms with Gasteiger partial charge in [-0.1, -0.05) is 18.2 Å². The molecule has 7 nitrogen and oxygen atoms in total. The van der Waals surface area contributed by atoms with Crippen LogP contribution in [0.5, 0.6) is 5.75 Å². The topological polar surface area (TPSA) is 95.4 Å². The van der Waals surface area contributed by atoms with Crippen molar-refractivity contribution in [3.8, 4) is 5.75 Å². The number of fused-ring (bicyclic) bond motifs is 2. The zero-order chi connectivity index (χ0) is 22.9. The number of pyridine rings is 2. The van der Waals surface area contributed by atoms with E-state index in [1.54, 1.807) is 48.8 Å². The van der Waals surface area contributed by atoms with Gasteiger partial charge in [0.25, 0.3) is 11.8 Å². The maximum absolute atomic E-state index is 13.3. The third-order valence-electron chi connectivity index (χ3n) is 5.71. The van der Waals surface area contributed by atoms with Gasteiger partial charge < -0.3 is 15.3 Å². The minimum Gasteiger partial charge on any atom is -0.505 e. The maximum atomic E-state index is 13.3. The zero-order valence-electron chi connectivity index (χ0n) is 17.5. The normalized spacial score (nSPS) is 12.8. The van der Waals surface area contributed by atoms with Gasteiger partial charge >= 0.3 is 0 Å². The molecule has 0 fully saturated rings. The average molecular weight is 442 g/mol. The molecule has 0 bridgehead atoms. The Hall–Kier alpha value is -4.33. The minimum atomic E-state index is -0.400. The van der Waals surface area contributed by atoms with E-state index in [4.69, 9.17) is 0 Å². The third kappa shape index (κ3) is 3.76. The number of amides is 2. The number of nitrogens with one attached hydrogen (secondary N) is 1. The molecular formula is C25H19FN4O3. The van der Waals surface area contributed by atoms with Gasteiger partial charge in [0.15, 0.2) is 5.75 Å². The molecule has 0 spiro atoms. The highest BCUT2D eigenvalue weighted by molar-refractivity contribution is 6.15. The van der Waals surface area contributed by atoms with Gasteiger partial charge in [-0.25, -0.2) is 4.39 Å². The van der Waals surface area contributed by atoms with Crippen molar-refractivity contribution < 1.29 is 19.1 Å². The molecule has 2 N–H and O–H groups in total. The molecule has 0 unspecified atom stereocenters. The van der Waals surface area contributed by atoms with E-state index in [1.165, 1.54) is 23.2 Å². The lowest BCUT2D eigenvalue weighted by Crippen LogP contribution is -2.25. The SMILES string of the molecule is O=C(NCc1ccncc1)c1c2c(c(O)c3ncccc13)C(=O)N(Cc1ccc(F)cc1)C2. The number of carbonyl (C=O) groups is 2. The third-order valence-corrected chi connectivity index (χ3v) is 5.71. The molecule has 4 aromatic rings. The predicted molar refractivity (Wildman–Crippen MR) is 119 cm³/mol. The number of phenols is 1. The lowest BCUT2D eigenvalue weighted by molar-refractivity contribution is 0.0763. The van der Waals surface area contributed by atoms with Crippen LogP contribution in [0, 0.1) is 5.82 Å². The summed E-state index contributed by atoms with van der Waals surface area (Å²) >= 11 is 0. The molecule has 1 aliphatic heterocycles. The Bertz CT molecular complexity index is 1370. The number of benzene rings is 2. The number of aromatic hydroxyl groups is 1. The van der Waals surface area contributed by atoms with Crippen molar-refractivity contribution in [1.82, 2.24) is 20.2 Å². The van der Waals surface area contributed by atoms with E-state index in [9.17, 15) is 19.1 Å². The Labute approximate surface area is 188 Å². The van der Waals surface area contributed by atoms with Gasteiger partial charge in [-0.05, 0) is 41.5 Å². The lowest BCUT2D eigenvalue weighted by Gasteiger charge is -2.16. The van der Waals surface area contributed by atoms with Crippen molar-refractivity contribution in [2.75, 3.05) is 0 Å². The molecule has 0 aliphatic carbocycles. The van der Waals surface area contributed by atoms with Gasteiger partial charge in [0, 0.05) is 49.2 Å². The molecule has 33 heavy (non-hydrogen) atoms. The first-order valence-corrected chi connectivity index (χ1v) is 10.4. The highest BCUT2D eigenvalue weighted by atomic mass is 19.1. The summed E-state index contributed by atoms with van der Waals surface area (Å²) in [5.74, 6) is -1.36. The fourth-order valence-corrected chi connectivity index (χ4v) is 4.12. The van der Waals surface area contributed by atoms with Crippen LogP contribution in [-0.4, -0.2) is 31.8 Å².